The molecule has 116 valence electrons. The van der Waals surface area contributed by atoms with Crippen molar-refractivity contribution in [2.24, 2.45) is 0 Å². The van der Waals surface area contributed by atoms with E-state index in [9.17, 15) is 4.79 Å². The molecular formula is C17H14BrN3O2. The minimum absolute atomic E-state index is 0.259. The Kier molecular flexibility index (Phi) is 4.73. The zero-order chi connectivity index (χ0) is 16.1. The summed E-state index contributed by atoms with van der Waals surface area (Å²) in [7, 11) is 0. The van der Waals surface area contributed by atoms with E-state index in [0.29, 0.717) is 17.9 Å². The van der Waals surface area contributed by atoms with Crippen molar-refractivity contribution in [1.29, 1.82) is 0 Å². The fourth-order valence-corrected chi connectivity index (χ4v) is 2.43. The van der Waals surface area contributed by atoms with Crippen molar-refractivity contribution in [3.05, 3.63) is 76.9 Å². The minimum Gasteiger partial charge on any atom is -0.467 e. The van der Waals surface area contributed by atoms with Gasteiger partial charge in [-0.1, -0.05) is 22.0 Å². The molecular weight excluding hydrogens is 358 g/mol. The topological polar surface area (TPSA) is 67.2 Å². The van der Waals surface area contributed by atoms with Gasteiger partial charge >= 0.3 is 0 Å². The average molecular weight is 372 g/mol. The van der Waals surface area contributed by atoms with E-state index in [-0.39, 0.29) is 5.91 Å². The van der Waals surface area contributed by atoms with Crippen LogP contribution in [0.25, 0.3) is 0 Å². The Morgan fingerprint density at radius 3 is 2.83 bits per heavy atom. The van der Waals surface area contributed by atoms with E-state index < -0.39 is 0 Å². The van der Waals surface area contributed by atoms with Gasteiger partial charge < -0.3 is 15.1 Å². The first kappa shape index (κ1) is 15.3. The van der Waals surface area contributed by atoms with Gasteiger partial charge in [0.2, 0.25) is 0 Å². The molecule has 0 unspecified atom stereocenters. The largest absolute Gasteiger partial charge is 0.467 e. The molecule has 0 spiro atoms. The number of nitrogens with zero attached hydrogens (tertiary/aromatic N) is 1. The van der Waals surface area contributed by atoms with Crippen LogP contribution in [0.5, 0.6) is 0 Å². The van der Waals surface area contributed by atoms with Gasteiger partial charge in [0, 0.05) is 22.0 Å². The van der Waals surface area contributed by atoms with Crippen LogP contribution >= 0.6 is 15.9 Å². The molecule has 0 bridgehead atoms. The molecule has 2 aromatic heterocycles. The molecule has 1 aromatic carbocycles. The van der Waals surface area contributed by atoms with Crippen LogP contribution in [-0.4, -0.2) is 10.9 Å². The zero-order valence-corrected chi connectivity index (χ0v) is 13.7. The van der Waals surface area contributed by atoms with Gasteiger partial charge in [0.05, 0.1) is 12.8 Å². The van der Waals surface area contributed by atoms with Crippen LogP contribution in [0.4, 0.5) is 11.4 Å². The summed E-state index contributed by atoms with van der Waals surface area (Å²) in [6, 6.07) is 14.6. The lowest BCUT2D eigenvalue weighted by molar-refractivity contribution is 0.102. The van der Waals surface area contributed by atoms with Gasteiger partial charge in [0.1, 0.15) is 11.5 Å². The highest BCUT2D eigenvalue weighted by Gasteiger charge is 2.09. The number of benzene rings is 1. The lowest BCUT2D eigenvalue weighted by atomic mass is 10.2. The maximum Gasteiger partial charge on any atom is 0.274 e. The molecule has 0 aliphatic heterocycles. The molecule has 6 heteroatoms. The van der Waals surface area contributed by atoms with Crippen LogP contribution in [0.15, 0.2) is 69.9 Å². The second-order valence-electron chi connectivity index (χ2n) is 4.83. The molecule has 0 aliphatic carbocycles. The van der Waals surface area contributed by atoms with Crippen LogP contribution in [-0.2, 0) is 6.54 Å². The Bertz CT molecular complexity index is 803. The van der Waals surface area contributed by atoms with Gasteiger partial charge in [0.15, 0.2) is 0 Å². The normalized spacial score (nSPS) is 10.3. The van der Waals surface area contributed by atoms with Crippen LogP contribution < -0.4 is 10.6 Å². The fraction of sp³-hybridized carbons (Fsp3) is 0.0588. The van der Waals surface area contributed by atoms with E-state index in [1.807, 2.05) is 36.4 Å². The van der Waals surface area contributed by atoms with Gasteiger partial charge in [-0.15, -0.1) is 0 Å². The Morgan fingerprint density at radius 1 is 1.13 bits per heavy atom. The zero-order valence-electron chi connectivity index (χ0n) is 12.1. The van der Waals surface area contributed by atoms with Crippen LogP contribution in [0.1, 0.15) is 16.2 Å². The number of amides is 1. The van der Waals surface area contributed by atoms with Crippen molar-refractivity contribution in [1.82, 2.24) is 4.98 Å². The summed E-state index contributed by atoms with van der Waals surface area (Å²) < 4.78 is 6.16. The first-order valence-corrected chi connectivity index (χ1v) is 7.79. The second-order valence-corrected chi connectivity index (χ2v) is 5.74. The van der Waals surface area contributed by atoms with E-state index >= 15 is 0 Å². The SMILES string of the molecule is O=C(Nc1cccc(Br)c1)c1cc(NCc2ccco2)ccn1. The molecule has 0 radical (unpaired) electrons. The first-order valence-electron chi connectivity index (χ1n) is 7.00. The quantitative estimate of drug-likeness (QED) is 0.701. The molecule has 3 aromatic rings. The van der Waals surface area contributed by atoms with Crippen LogP contribution in [0.2, 0.25) is 0 Å². The third-order valence-electron chi connectivity index (χ3n) is 3.12. The van der Waals surface area contributed by atoms with E-state index in [1.165, 1.54) is 0 Å². The van der Waals surface area contributed by atoms with Gasteiger partial charge in [-0.3, -0.25) is 9.78 Å². The molecule has 0 fully saturated rings. The molecule has 2 N–H and O–H groups in total. The third-order valence-corrected chi connectivity index (χ3v) is 3.62. The lowest BCUT2D eigenvalue weighted by Gasteiger charge is -2.08. The van der Waals surface area contributed by atoms with Crippen molar-refractivity contribution in [2.75, 3.05) is 10.6 Å². The van der Waals surface area contributed by atoms with Crippen molar-refractivity contribution in [2.45, 2.75) is 6.54 Å². The van der Waals surface area contributed by atoms with Gasteiger partial charge in [0.25, 0.3) is 5.91 Å². The molecule has 0 atom stereocenters. The number of carbonyl (C=O) groups excluding carboxylic acids is 1. The minimum atomic E-state index is -0.259. The molecule has 0 saturated carbocycles. The number of nitrogens with one attached hydrogen (secondary N) is 2. The maximum absolute atomic E-state index is 12.3. The summed E-state index contributed by atoms with van der Waals surface area (Å²) in [5.74, 6) is 0.562. The van der Waals surface area contributed by atoms with E-state index in [1.54, 1.807) is 24.6 Å². The molecule has 1 amide bonds. The number of hydrogen-bond acceptors (Lipinski definition) is 4. The van der Waals surface area contributed by atoms with E-state index in [2.05, 4.69) is 31.5 Å². The standard InChI is InChI=1S/C17H14BrN3O2/c18-12-3-1-4-14(9-12)21-17(22)16-10-13(6-7-19-16)20-11-15-5-2-8-23-15/h1-10H,11H2,(H,19,20)(H,21,22). The summed E-state index contributed by atoms with van der Waals surface area (Å²) in [5.41, 5.74) is 1.85. The van der Waals surface area contributed by atoms with E-state index in [4.69, 9.17) is 4.42 Å². The number of pyridine rings is 1. The summed E-state index contributed by atoms with van der Waals surface area (Å²) in [6.45, 7) is 0.545. The summed E-state index contributed by atoms with van der Waals surface area (Å²) >= 11 is 3.37. The molecule has 0 saturated heterocycles. The molecule has 0 aliphatic rings. The molecule has 5 nitrogen and oxygen atoms in total. The predicted molar refractivity (Wildman–Crippen MR) is 92.4 cm³/mol. The molecule has 23 heavy (non-hydrogen) atoms. The number of carbonyl (C=O) groups is 1. The first-order chi connectivity index (χ1) is 11.2. The number of rotatable bonds is 5. The monoisotopic (exact) mass is 371 g/mol. The Hall–Kier alpha value is -2.60. The predicted octanol–water partition coefficient (Wildman–Crippen LogP) is 4.30. The number of aromatic nitrogens is 1. The average Bonchev–Trinajstić information content (AvgIpc) is 3.07. The number of anilines is 2. The number of furan rings is 1. The highest BCUT2D eigenvalue weighted by molar-refractivity contribution is 9.10. The van der Waals surface area contributed by atoms with Crippen molar-refractivity contribution >= 4 is 33.2 Å². The second kappa shape index (κ2) is 7.11. The van der Waals surface area contributed by atoms with Crippen LogP contribution in [0, 0.1) is 0 Å². The Labute approximate surface area is 141 Å². The lowest BCUT2D eigenvalue weighted by Crippen LogP contribution is -2.14. The fourth-order valence-electron chi connectivity index (χ4n) is 2.03. The van der Waals surface area contributed by atoms with Gasteiger partial charge in [-0.25, -0.2) is 0 Å². The van der Waals surface area contributed by atoms with Crippen LogP contribution in [0.3, 0.4) is 0 Å². The Morgan fingerprint density at radius 2 is 2.04 bits per heavy atom. The van der Waals surface area contributed by atoms with E-state index in [0.717, 1.165) is 15.9 Å². The summed E-state index contributed by atoms with van der Waals surface area (Å²) in [4.78, 5) is 16.4. The molecule has 2 heterocycles. The number of halogens is 1. The van der Waals surface area contributed by atoms with Crippen molar-refractivity contribution in [3.63, 3.8) is 0 Å². The summed E-state index contributed by atoms with van der Waals surface area (Å²) in [5, 5.41) is 6.01. The maximum atomic E-state index is 12.3. The third kappa shape index (κ3) is 4.20. The highest BCUT2D eigenvalue weighted by atomic mass is 79.9. The summed E-state index contributed by atoms with van der Waals surface area (Å²) in [6.07, 6.45) is 3.22. The molecule has 3 rings (SSSR count). The number of hydrogen-bond donors (Lipinski definition) is 2. The highest BCUT2D eigenvalue weighted by Crippen LogP contribution is 2.17. The smallest absolute Gasteiger partial charge is 0.274 e. The van der Waals surface area contributed by atoms with Crippen molar-refractivity contribution < 1.29 is 9.21 Å². The van der Waals surface area contributed by atoms with Gasteiger partial charge in [-0.2, -0.15) is 0 Å². The Balaban J connectivity index is 1.67. The van der Waals surface area contributed by atoms with Crippen molar-refractivity contribution in [3.8, 4) is 0 Å². The van der Waals surface area contributed by atoms with Gasteiger partial charge in [-0.05, 0) is 42.5 Å².